The molecule has 0 radical (unpaired) electrons. The first-order valence-electron chi connectivity index (χ1n) is 10.3. The number of para-hydroxylation sites is 1. The third-order valence-electron chi connectivity index (χ3n) is 4.53. The van der Waals surface area contributed by atoms with Gasteiger partial charge < -0.3 is 4.74 Å². The second-order valence-electron chi connectivity index (χ2n) is 8.55. The van der Waals surface area contributed by atoms with Crippen molar-refractivity contribution in [3.63, 3.8) is 0 Å². The summed E-state index contributed by atoms with van der Waals surface area (Å²) in [5.74, 6) is 7.21. The Morgan fingerprint density at radius 2 is 1.87 bits per heavy atom. The first kappa shape index (κ1) is 21.6. The maximum atomic E-state index is 6.08. The van der Waals surface area contributed by atoms with Crippen LogP contribution in [-0.2, 0) is 13.2 Å². The van der Waals surface area contributed by atoms with Crippen LogP contribution in [0, 0.1) is 17.3 Å². The lowest BCUT2D eigenvalue weighted by atomic mass is 9.98. The Morgan fingerprint density at radius 1 is 1.07 bits per heavy atom. The fourth-order valence-electron chi connectivity index (χ4n) is 3.10. The molecule has 0 aliphatic heterocycles. The van der Waals surface area contributed by atoms with Gasteiger partial charge in [-0.25, -0.2) is 0 Å². The highest BCUT2D eigenvalue weighted by Gasteiger charge is 2.05. The monoisotopic (exact) mass is 398 g/mol. The van der Waals surface area contributed by atoms with Crippen molar-refractivity contribution in [3.05, 3.63) is 84.1 Å². The Bertz CT molecular complexity index is 1060. The van der Waals surface area contributed by atoms with Gasteiger partial charge in [-0.15, -0.1) is 0 Å². The van der Waals surface area contributed by atoms with Gasteiger partial charge in [-0.1, -0.05) is 54.3 Å². The summed E-state index contributed by atoms with van der Waals surface area (Å²) in [7, 11) is 2.11. The number of hydrogen-bond donors (Lipinski definition) is 0. The van der Waals surface area contributed by atoms with Crippen LogP contribution < -0.4 is 4.74 Å². The number of rotatable bonds is 7. The summed E-state index contributed by atoms with van der Waals surface area (Å²) in [5, 5.41) is 1.13. The van der Waals surface area contributed by atoms with E-state index in [4.69, 9.17) is 4.74 Å². The predicted octanol–water partition coefficient (Wildman–Crippen LogP) is 5.85. The van der Waals surface area contributed by atoms with Gasteiger partial charge in [0.2, 0.25) is 0 Å². The van der Waals surface area contributed by atoms with Crippen molar-refractivity contribution in [3.8, 4) is 17.6 Å². The highest BCUT2D eigenvalue weighted by Crippen LogP contribution is 2.20. The van der Waals surface area contributed by atoms with Crippen LogP contribution in [0.5, 0.6) is 5.75 Å². The molecule has 3 rings (SSSR count). The van der Waals surface area contributed by atoms with Crippen LogP contribution in [0.4, 0.5) is 0 Å². The van der Waals surface area contributed by atoms with Crippen LogP contribution in [0.1, 0.15) is 31.9 Å². The van der Waals surface area contributed by atoms with Gasteiger partial charge >= 0.3 is 0 Å². The van der Waals surface area contributed by atoms with Gasteiger partial charge in [-0.05, 0) is 57.7 Å². The van der Waals surface area contributed by atoms with Crippen LogP contribution in [0.15, 0.2) is 72.9 Å². The third-order valence-corrected chi connectivity index (χ3v) is 4.53. The highest BCUT2D eigenvalue weighted by molar-refractivity contribution is 5.81. The van der Waals surface area contributed by atoms with Crippen molar-refractivity contribution in [2.24, 2.45) is 5.41 Å². The molecular weight excluding hydrogens is 368 g/mol. The molecule has 30 heavy (non-hydrogen) atoms. The molecule has 3 aromatic rings. The molecule has 3 nitrogen and oxygen atoms in total. The van der Waals surface area contributed by atoms with Crippen molar-refractivity contribution in [2.45, 2.75) is 33.9 Å². The van der Waals surface area contributed by atoms with E-state index in [1.54, 1.807) is 0 Å². The number of aromatic nitrogens is 1. The predicted molar refractivity (Wildman–Crippen MR) is 125 cm³/mol. The van der Waals surface area contributed by atoms with Gasteiger partial charge in [0.25, 0.3) is 0 Å². The molecule has 0 atom stereocenters. The molecule has 1 heterocycles. The summed E-state index contributed by atoms with van der Waals surface area (Å²) in [4.78, 5) is 6.76. The summed E-state index contributed by atoms with van der Waals surface area (Å²) < 4.78 is 6.08. The van der Waals surface area contributed by atoms with Crippen LogP contribution >= 0.6 is 0 Å². The normalized spacial score (nSPS) is 11.6. The Balaban J connectivity index is 1.56. The second kappa shape index (κ2) is 10.1. The number of hydrogen-bond acceptors (Lipinski definition) is 3. The maximum Gasteiger partial charge on any atom is 0.120 e. The summed E-state index contributed by atoms with van der Waals surface area (Å²) in [6.07, 6.45) is 5.87. The number of nitrogens with zero attached hydrogens (tertiary/aromatic N) is 2. The molecule has 0 aliphatic rings. The Hall–Kier alpha value is -3.09. The minimum atomic E-state index is 0.0405. The summed E-state index contributed by atoms with van der Waals surface area (Å²) in [6.45, 7) is 8.56. The van der Waals surface area contributed by atoms with E-state index in [1.807, 2.05) is 36.5 Å². The van der Waals surface area contributed by atoms with Crippen molar-refractivity contribution in [1.82, 2.24) is 9.88 Å². The van der Waals surface area contributed by atoms with E-state index in [0.29, 0.717) is 6.61 Å². The Kier molecular flexibility index (Phi) is 7.27. The summed E-state index contributed by atoms with van der Waals surface area (Å²) >= 11 is 0. The van der Waals surface area contributed by atoms with Crippen LogP contribution in [0.25, 0.3) is 10.9 Å². The van der Waals surface area contributed by atoms with Crippen LogP contribution in [0.3, 0.4) is 0 Å². The molecule has 154 valence electrons. The lowest BCUT2D eigenvalue weighted by Gasteiger charge is -2.15. The summed E-state index contributed by atoms with van der Waals surface area (Å²) in [5.41, 5.74) is 3.35. The maximum absolute atomic E-state index is 6.08. The third kappa shape index (κ3) is 6.76. The molecule has 0 amide bonds. The lowest BCUT2D eigenvalue weighted by molar-refractivity contribution is 0.306. The first-order valence-corrected chi connectivity index (χ1v) is 10.3. The molecule has 1 aromatic heterocycles. The molecule has 3 heteroatoms. The van der Waals surface area contributed by atoms with Gasteiger partial charge in [0.1, 0.15) is 12.4 Å². The fourth-order valence-corrected chi connectivity index (χ4v) is 3.10. The van der Waals surface area contributed by atoms with E-state index >= 15 is 0 Å². The zero-order valence-corrected chi connectivity index (χ0v) is 18.4. The zero-order chi connectivity index (χ0) is 21.4. The number of pyridine rings is 1. The van der Waals surface area contributed by atoms with E-state index in [2.05, 4.69) is 86.0 Å². The zero-order valence-electron chi connectivity index (χ0n) is 18.4. The van der Waals surface area contributed by atoms with Crippen molar-refractivity contribution >= 4 is 10.9 Å². The molecule has 0 fully saturated rings. The number of fused-ring (bicyclic) bond motifs is 1. The van der Waals surface area contributed by atoms with Gasteiger partial charge in [0.05, 0.1) is 5.52 Å². The molecule has 0 aliphatic carbocycles. The van der Waals surface area contributed by atoms with Gasteiger partial charge in [0, 0.05) is 35.7 Å². The molecule has 2 aromatic carbocycles. The van der Waals surface area contributed by atoms with E-state index in [-0.39, 0.29) is 5.41 Å². The summed E-state index contributed by atoms with van der Waals surface area (Å²) in [6, 6.07) is 18.5. The first-order chi connectivity index (χ1) is 14.4. The van der Waals surface area contributed by atoms with E-state index in [1.165, 1.54) is 5.56 Å². The minimum Gasteiger partial charge on any atom is -0.489 e. The molecular formula is C27H30N2O. The molecule has 0 bridgehead atoms. The number of likely N-dealkylation sites (N-methyl/N-ethyl adjacent to an activating group) is 1. The standard InChI is InChI=1S/C27H30N2O/c1-27(2,3)16-6-5-7-18-29(4)20-22-11-8-15-25(19-22)30-21-24-13-9-12-23-14-10-17-28-26(23)24/h5,7-15,17,19H,18,20-21H2,1-4H3. The Labute approximate surface area is 180 Å². The van der Waals surface area contributed by atoms with Crippen LogP contribution in [0.2, 0.25) is 0 Å². The largest absolute Gasteiger partial charge is 0.489 e. The highest BCUT2D eigenvalue weighted by atomic mass is 16.5. The number of ether oxygens (including phenoxy) is 1. The van der Waals surface area contributed by atoms with E-state index in [9.17, 15) is 0 Å². The molecule has 0 saturated heterocycles. The van der Waals surface area contributed by atoms with E-state index < -0.39 is 0 Å². The number of benzene rings is 2. The Morgan fingerprint density at radius 3 is 2.70 bits per heavy atom. The second-order valence-corrected chi connectivity index (χ2v) is 8.55. The smallest absolute Gasteiger partial charge is 0.120 e. The molecule has 0 spiro atoms. The average molecular weight is 399 g/mol. The topological polar surface area (TPSA) is 25.4 Å². The average Bonchev–Trinajstić information content (AvgIpc) is 2.71. The number of allylic oxidation sites excluding steroid dienone is 1. The molecule has 0 unspecified atom stereocenters. The van der Waals surface area contributed by atoms with Crippen molar-refractivity contribution < 1.29 is 4.74 Å². The quantitative estimate of drug-likeness (QED) is 0.467. The molecule has 0 N–H and O–H groups in total. The van der Waals surface area contributed by atoms with E-state index in [0.717, 1.165) is 35.3 Å². The van der Waals surface area contributed by atoms with Gasteiger partial charge in [0.15, 0.2) is 0 Å². The fraction of sp³-hybridized carbons (Fsp3) is 0.296. The van der Waals surface area contributed by atoms with Gasteiger partial charge in [-0.2, -0.15) is 0 Å². The van der Waals surface area contributed by atoms with Crippen molar-refractivity contribution in [1.29, 1.82) is 0 Å². The lowest BCUT2D eigenvalue weighted by Crippen LogP contribution is -2.17. The SMILES string of the molecule is CN(CC=CC#CC(C)(C)C)Cc1cccc(OCc2cccc3cccnc23)c1. The van der Waals surface area contributed by atoms with Crippen LogP contribution in [-0.4, -0.2) is 23.5 Å². The van der Waals surface area contributed by atoms with Crippen molar-refractivity contribution in [2.75, 3.05) is 13.6 Å². The minimum absolute atomic E-state index is 0.0405. The molecule has 0 saturated carbocycles. The van der Waals surface area contributed by atoms with Gasteiger partial charge in [-0.3, -0.25) is 9.88 Å².